The SMILES string of the molecule is O=C(CS(=O)(=O)c1ccc(Cl)cc1)NCC1CNC1. The molecule has 1 aromatic carbocycles. The number of hydrogen-bond acceptors (Lipinski definition) is 4. The van der Waals surface area contributed by atoms with Gasteiger partial charge in [-0.15, -0.1) is 0 Å². The number of nitrogens with one attached hydrogen (secondary N) is 2. The van der Waals surface area contributed by atoms with E-state index in [1.54, 1.807) is 0 Å². The van der Waals surface area contributed by atoms with E-state index in [1.165, 1.54) is 24.3 Å². The van der Waals surface area contributed by atoms with Crippen LogP contribution in [0.15, 0.2) is 29.2 Å². The summed E-state index contributed by atoms with van der Waals surface area (Å²) in [6.45, 7) is 2.25. The number of benzene rings is 1. The fourth-order valence-corrected chi connectivity index (χ4v) is 2.99. The summed E-state index contributed by atoms with van der Waals surface area (Å²) in [6, 6.07) is 5.79. The Morgan fingerprint density at radius 2 is 1.95 bits per heavy atom. The van der Waals surface area contributed by atoms with Crippen LogP contribution in [0.2, 0.25) is 5.02 Å². The lowest BCUT2D eigenvalue weighted by Crippen LogP contribution is -2.48. The Kier molecular flexibility index (Phi) is 4.44. The number of halogens is 1. The zero-order chi connectivity index (χ0) is 13.9. The highest BCUT2D eigenvalue weighted by Crippen LogP contribution is 2.15. The highest BCUT2D eigenvalue weighted by Gasteiger charge is 2.21. The van der Waals surface area contributed by atoms with Crippen LogP contribution in [0.25, 0.3) is 0 Å². The van der Waals surface area contributed by atoms with Gasteiger partial charge in [-0.25, -0.2) is 8.42 Å². The van der Waals surface area contributed by atoms with Gasteiger partial charge in [-0.1, -0.05) is 11.6 Å². The van der Waals surface area contributed by atoms with Gasteiger partial charge in [-0.3, -0.25) is 4.79 Å². The molecule has 7 heteroatoms. The minimum absolute atomic E-state index is 0.109. The van der Waals surface area contributed by atoms with Gasteiger partial charge >= 0.3 is 0 Å². The quantitative estimate of drug-likeness (QED) is 0.828. The Hall–Kier alpha value is -1.11. The summed E-state index contributed by atoms with van der Waals surface area (Å²) < 4.78 is 23.9. The predicted octanol–water partition coefficient (Wildman–Crippen LogP) is 0.449. The lowest BCUT2D eigenvalue weighted by Gasteiger charge is -2.27. The Bertz CT molecular complexity index is 553. The molecule has 0 aromatic heterocycles. The molecule has 1 aromatic rings. The van der Waals surface area contributed by atoms with Crippen molar-refractivity contribution in [1.29, 1.82) is 0 Å². The molecular weight excluding hydrogens is 288 g/mol. The molecule has 1 aliphatic rings. The van der Waals surface area contributed by atoms with Crippen molar-refractivity contribution in [2.75, 3.05) is 25.4 Å². The number of rotatable bonds is 5. The van der Waals surface area contributed by atoms with Crippen molar-refractivity contribution >= 4 is 27.3 Å². The Labute approximate surface area is 117 Å². The summed E-state index contributed by atoms with van der Waals surface area (Å²) in [5.41, 5.74) is 0. The first-order chi connectivity index (χ1) is 8.97. The van der Waals surface area contributed by atoms with Gasteiger partial charge in [0, 0.05) is 30.6 Å². The van der Waals surface area contributed by atoms with Crippen molar-refractivity contribution in [1.82, 2.24) is 10.6 Å². The van der Waals surface area contributed by atoms with Crippen molar-refractivity contribution in [3.63, 3.8) is 0 Å². The molecule has 2 N–H and O–H groups in total. The molecule has 0 atom stereocenters. The summed E-state index contributed by atoms with van der Waals surface area (Å²) in [7, 11) is -3.60. The van der Waals surface area contributed by atoms with Gasteiger partial charge in [-0.05, 0) is 24.3 Å². The first-order valence-corrected chi connectivity index (χ1v) is 7.96. The maximum atomic E-state index is 12.0. The second-order valence-corrected chi connectivity index (χ2v) is 6.97. The van der Waals surface area contributed by atoms with Crippen molar-refractivity contribution < 1.29 is 13.2 Å². The summed E-state index contributed by atoms with van der Waals surface area (Å²) in [5.74, 6) is -0.599. The summed E-state index contributed by atoms with van der Waals surface area (Å²) >= 11 is 5.69. The Balaban J connectivity index is 1.92. The smallest absolute Gasteiger partial charge is 0.235 e. The van der Waals surface area contributed by atoms with Gasteiger partial charge in [0.25, 0.3) is 0 Å². The molecule has 0 radical (unpaired) electrons. The monoisotopic (exact) mass is 302 g/mol. The lowest BCUT2D eigenvalue weighted by molar-refractivity contribution is -0.118. The maximum Gasteiger partial charge on any atom is 0.235 e. The van der Waals surface area contributed by atoms with Crippen LogP contribution >= 0.6 is 11.6 Å². The molecular formula is C12H15ClN2O3S. The van der Waals surface area contributed by atoms with Crippen molar-refractivity contribution in [3.8, 4) is 0 Å². The van der Waals surface area contributed by atoms with E-state index >= 15 is 0 Å². The fourth-order valence-electron chi connectivity index (χ4n) is 1.70. The van der Waals surface area contributed by atoms with Crippen LogP contribution in [0.1, 0.15) is 0 Å². The Morgan fingerprint density at radius 1 is 1.32 bits per heavy atom. The second kappa shape index (κ2) is 5.90. The molecule has 1 fully saturated rings. The first-order valence-electron chi connectivity index (χ1n) is 5.93. The van der Waals surface area contributed by atoms with E-state index in [9.17, 15) is 13.2 Å². The third-order valence-corrected chi connectivity index (χ3v) is 4.83. The van der Waals surface area contributed by atoms with Crippen LogP contribution in [0.4, 0.5) is 0 Å². The number of carbonyl (C=O) groups excluding carboxylic acids is 1. The van der Waals surface area contributed by atoms with E-state index in [0.29, 0.717) is 17.5 Å². The standard InChI is InChI=1S/C12H15ClN2O3S/c13-10-1-3-11(4-2-10)19(17,18)8-12(16)15-7-9-5-14-6-9/h1-4,9,14H,5-8H2,(H,15,16). The van der Waals surface area contributed by atoms with Gasteiger partial charge in [0.1, 0.15) is 5.75 Å². The number of carbonyl (C=O) groups is 1. The highest BCUT2D eigenvalue weighted by molar-refractivity contribution is 7.92. The zero-order valence-electron chi connectivity index (χ0n) is 10.2. The normalized spacial score (nSPS) is 15.8. The van der Waals surface area contributed by atoms with E-state index in [1.807, 2.05) is 0 Å². The van der Waals surface area contributed by atoms with Crippen LogP contribution in [0.5, 0.6) is 0 Å². The molecule has 19 heavy (non-hydrogen) atoms. The first kappa shape index (κ1) is 14.3. The molecule has 2 rings (SSSR count). The molecule has 0 spiro atoms. The molecule has 5 nitrogen and oxygen atoms in total. The topological polar surface area (TPSA) is 75.3 Å². The van der Waals surface area contributed by atoms with Crippen molar-refractivity contribution in [2.24, 2.45) is 5.92 Å². The highest BCUT2D eigenvalue weighted by atomic mass is 35.5. The molecule has 0 aliphatic carbocycles. The van der Waals surface area contributed by atoms with Gasteiger partial charge in [-0.2, -0.15) is 0 Å². The third kappa shape index (κ3) is 3.92. The van der Waals surface area contributed by atoms with Crippen LogP contribution in [-0.2, 0) is 14.6 Å². The van der Waals surface area contributed by atoms with Gasteiger partial charge in [0.05, 0.1) is 4.90 Å². The second-order valence-electron chi connectivity index (χ2n) is 4.54. The molecule has 1 aliphatic heterocycles. The van der Waals surface area contributed by atoms with Gasteiger partial charge < -0.3 is 10.6 Å². The molecule has 0 bridgehead atoms. The van der Waals surface area contributed by atoms with Gasteiger partial charge in [0.15, 0.2) is 9.84 Å². The average Bonchev–Trinajstić information content (AvgIpc) is 2.26. The van der Waals surface area contributed by atoms with E-state index in [0.717, 1.165) is 13.1 Å². The molecule has 0 saturated carbocycles. The molecule has 104 valence electrons. The largest absolute Gasteiger partial charge is 0.355 e. The summed E-state index contributed by atoms with van der Waals surface area (Å²) in [6.07, 6.45) is 0. The van der Waals surface area contributed by atoms with E-state index in [4.69, 9.17) is 11.6 Å². The minimum Gasteiger partial charge on any atom is -0.355 e. The summed E-state index contributed by atoms with van der Waals surface area (Å²) in [4.78, 5) is 11.7. The molecule has 1 saturated heterocycles. The Morgan fingerprint density at radius 3 is 2.47 bits per heavy atom. The van der Waals surface area contributed by atoms with Crippen LogP contribution in [0.3, 0.4) is 0 Å². The maximum absolute atomic E-state index is 12.0. The van der Waals surface area contributed by atoms with Crippen LogP contribution < -0.4 is 10.6 Å². The number of hydrogen-bond donors (Lipinski definition) is 2. The molecule has 0 unspecified atom stereocenters. The third-order valence-electron chi connectivity index (χ3n) is 2.95. The van der Waals surface area contributed by atoms with E-state index in [2.05, 4.69) is 10.6 Å². The van der Waals surface area contributed by atoms with E-state index < -0.39 is 21.5 Å². The van der Waals surface area contributed by atoms with Gasteiger partial charge in [0.2, 0.25) is 5.91 Å². The average molecular weight is 303 g/mol. The summed E-state index contributed by atoms with van der Waals surface area (Å²) in [5, 5.41) is 6.18. The molecule has 1 heterocycles. The number of amides is 1. The van der Waals surface area contributed by atoms with Crippen LogP contribution in [-0.4, -0.2) is 39.7 Å². The van der Waals surface area contributed by atoms with Crippen molar-refractivity contribution in [2.45, 2.75) is 4.90 Å². The minimum atomic E-state index is -3.60. The van der Waals surface area contributed by atoms with Crippen LogP contribution in [0, 0.1) is 5.92 Å². The number of sulfone groups is 1. The predicted molar refractivity (Wildman–Crippen MR) is 72.9 cm³/mol. The molecule has 1 amide bonds. The van der Waals surface area contributed by atoms with E-state index in [-0.39, 0.29) is 4.90 Å². The lowest BCUT2D eigenvalue weighted by atomic mass is 10.0. The zero-order valence-corrected chi connectivity index (χ0v) is 11.8. The van der Waals surface area contributed by atoms with Crippen molar-refractivity contribution in [3.05, 3.63) is 29.3 Å². The fraction of sp³-hybridized carbons (Fsp3) is 0.417.